The Morgan fingerprint density at radius 1 is 0.800 bits per heavy atom. The van der Waals surface area contributed by atoms with E-state index in [2.05, 4.69) is 56.4 Å². The highest BCUT2D eigenvalue weighted by molar-refractivity contribution is 6.37. The number of aromatic hydroxyl groups is 1. The lowest BCUT2D eigenvalue weighted by Crippen LogP contribution is -2.17. The van der Waals surface area contributed by atoms with Gasteiger partial charge in [-0.25, -0.2) is 9.97 Å². The summed E-state index contributed by atoms with van der Waals surface area (Å²) in [5, 5.41) is 18.1. The van der Waals surface area contributed by atoms with Gasteiger partial charge in [-0.2, -0.15) is 0 Å². The fraction of sp³-hybridized carbons (Fsp3) is 0.133. The Morgan fingerprint density at radius 2 is 1.45 bits per heavy atom. The van der Waals surface area contributed by atoms with Gasteiger partial charge in [-0.3, -0.25) is 4.90 Å². The molecule has 0 aliphatic carbocycles. The van der Waals surface area contributed by atoms with Crippen LogP contribution in [0.4, 0.5) is 0 Å². The van der Waals surface area contributed by atoms with Gasteiger partial charge in [0.2, 0.25) is 5.88 Å². The summed E-state index contributed by atoms with van der Waals surface area (Å²) in [6.07, 6.45) is 3.22. The van der Waals surface area contributed by atoms with Crippen molar-refractivity contribution in [1.29, 1.82) is 0 Å². The molecule has 1 N–H and O–H groups in total. The Hall–Kier alpha value is -4.24. The van der Waals surface area contributed by atoms with Gasteiger partial charge < -0.3 is 14.6 Å². The Kier molecular flexibility index (Phi) is 8.71. The van der Waals surface area contributed by atoms with E-state index in [1.165, 1.54) is 17.3 Å². The molecule has 2 aromatic heterocycles. The number of halogens is 2. The number of rotatable bonds is 10. The quantitative estimate of drug-likeness (QED) is 0.192. The van der Waals surface area contributed by atoms with Gasteiger partial charge in [0.25, 0.3) is 0 Å². The van der Waals surface area contributed by atoms with E-state index in [4.69, 9.17) is 32.7 Å². The maximum atomic E-state index is 9.72. The lowest BCUT2D eigenvalue weighted by atomic mass is 10.1. The minimum atomic E-state index is -0.177. The predicted octanol–water partition coefficient (Wildman–Crippen LogP) is 6.95. The first-order chi connectivity index (χ1) is 19.4. The second kappa shape index (κ2) is 12.7. The number of hydrogen-bond donors (Lipinski definition) is 1. The fourth-order valence-corrected chi connectivity index (χ4v) is 4.42. The van der Waals surface area contributed by atoms with Gasteiger partial charge in [0.1, 0.15) is 18.1 Å². The SMILES string of the molecule is CN(Cc1ccc(COc2ncc(-c3cc(Cl)c(O)c(Cl)c3)nn2)cc1)Cc1ccc(Oc2ccccn2)cc1. The van der Waals surface area contributed by atoms with Gasteiger partial charge in [0, 0.05) is 30.9 Å². The summed E-state index contributed by atoms with van der Waals surface area (Å²) in [6.45, 7) is 1.91. The van der Waals surface area contributed by atoms with Crippen molar-refractivity contribution in [1.82, 2.24) is 25.1 Å². The van der Waals surface area contributed by atoms with Crippen LogP contribution in [0, 0.1) is 0 Å². The normalized spacial score (nSPS) is 11.0. The number of hydrogen-bond acceptors (Lipinski definition) is 8. The van der Waals surface area contributed by atoms with Gasteiger partial charge in [-0.15, -0.1) is 5.10 Å². The van der Waals surface area contributed by atoms with Crippen LogP contribution in [0.2, 0.25) is 10.0 Å². The number of benzene rings is 3. The number of aromatic nitrogens is 4. The third kappa shape index (κ3) is 7.24. The van der Waals surface area contributed by atoms with Crippen molar-refractivity contribution in [3.8, 4) is 34.6 Å². The van der Waals surface area contributed by atoms with Crippen molar-refractivity contribution in [3.63, 3.8) is 0 Å². The van der Waals surface area contributed by atoms with Crippen LogP contribution < -0.4 is 9.47 Å². The second-order valence-electron chi connectivity index (χ2n) is 9.11. The van der Waals surface area contributed by atoms with E-state index in [0.29, 0.717) is 23.7 Å². The first-order valence-electron chi connectivity index (χ1n) is 12.4. The fourth-order valence-electron chi connectivity index (χ4n) is 3.94. The lowest BCUT2D eigenvalue weighted by Gasteiger charge is -2.17. The molecule has 0 spiro atoms. The van der Waals surface area contributed by atoms with Crippen molar-refractivity contribution in [2.75, 3.05) is 7.05 Å². The molecule has 0 unspecified atom stereocenters. The molecule has 5 aromatic rings. The highest BCUT2D eigenvalue weighted by Gasteiger charge is 2.11. The molecular formula is C30H25Cl2N5O3. The van der Waals surface area contributed by atoms with Crippen LogP contribution in [0.5, 0.6) is 23.4 Å². The molecule has 5 rings (SSSR count). The minimum absolute atomic E-state index is 0.125. The second-order valence-corrected chi connectivity index (χ2v) is 9.92. The topological polar surface area (TPSA) is 93.5 Å². The van der Waals surface area contributed by atoms with Crippen LogP contribution in [-0.2, 0) is 19.7 Å². The van der Waals surface area contributed by atoms with Crippen LogP contribution in [0.25, 0.3) is 11.3 Å². The van der Waals surface area contributed by atoms with Crippen molar-refractivity contribution in [2.45, 2.75) is 19.7 Å². The molecule has 0 amide bonds. The van der Waals surface area contributed by atoms with E-state index in [0.717, 1.165) is 24.4 Å². The zero-order chi connectivity index (χ0) is 27.9. The number of pyridine rings is 1. The highest BCUT2D eigenvalue weighted by atomic mass is 35.5. The molecule has 0 fully saturated rings. The monoisotopic (exact) mass is 573 g/mol. The maximum absolute atomic E-state index is 9.72. The van der Waals surface area contributed by atoms with Crippen molar-refractivity contribution in [3.05, 3.63) is 118 Å². The van der Waals surface area contributed by atoms with Crippen molar-refractivity contribution >= 4 is 23.2 Å². The maximum Gasteiger partial charge on any atom is 0.336 e. The summed E-state index contributed by atoms with van der Waals surface area (Å²) < 4.78 is 11.5. The number of phenolic OH excluding ortho intramolecular Hbond substituents is 1. The zero-order valence-corrected chi connectivity index (χ0v) is 23.0. The van der Waals surface area contributed by atoms with E-state index in [-0.39, 0.29) is 21.8 Å². The summed E-state index contributed by atoms with van der Waals surface area (Å²) >= 11 is 12.0. The molecule has 0 aliphatic rings. The van der Waals surface area contributed by atoms with Gasteiger partial charge in [0.05, 0.1) is 16.2 Å². The number of phenols is 1. The minimum Gasteiger partial charge on any atom is -0.505 e. The Bertz CT molecular complexity index is 1530. The average Bonchev–Trinajstić information content (AvgIpc) is 2.97. The van der Waals surface area contributed by atoms with E-state index in [1.807, 2.05) is 42.5 Å². The number of ether oxygens (including phenoxy) is 2. The molecule has 3 aromatic carbocycles. The van der Waals surface area contributed by atoms with Gasteiger partial charge >= 0.3 is 6.01 Å². The van der Waals surface area contributed by atoms with Crippen LogP contribution in [0.1, 0.15) is 16.7 Å². The molecule has 10 heteroatoms. The predicted molar refractivity (Wildman–Crippen MR) is 154 cm³/mol. The van der Waals surface area contributed by atoms with Crippen molar-refractivity contribution < 1.29 is 14.6 Å². The lowest BCUT2D eigenvalue weighted by molar-refractivity contribution is 0.276. The molecule has 40 heavy (non-hydrogen) atoms. The molecule has 8 nitrogen and oxygen atoms in total. The van der Waals surface area contributed by atoms with Crippen LogP contribution in [0.15, 0.2) is 91.3 Å². The van der Waals surface area contributed by atoms with E-state index in [9.17, 15) is 5.11 Å². The van der Waals surface area contributed by atoms with E-state index in [1.54, 1.807) is 18.3 Å². The first-order valence-corrected chi connectivity index (χ1v) is 13.1. The van der Waals surface area contributed by atoms with Gasteiger partial charge in [0.15, 0.2) is 5.75 Å². The average molecular weight is 574 g/mol. The van der Waals surface area contributed by atoms with Crippen LogP contribution in [0.3, 0.4) is 0 Å². The van der Waals surface area contributed by atoms with Gasteiger partial charge in [-0.1, -0.05) is 70.8 Å². The third-order valence-electron chi connectivity index (χ3n) is 5.93. The molecule has 0 saturated carbocycles. The third-order valence-corrected chi connectivity index (χ3v) is 6.51. The smallest absolute Gasteiger partial charge is 0.336 e. The summed E-state index contributed by atoms with van der Waals surface area (Å²) in [5.74, 6) is 1.15. The zero-order valence-electron chi connectivity index (χ0n) is 21.5. The molecule has 0 bridgehead atoms. The molecule has 0 aliphatic heterocycles. The van der Waals surface area contributed by atoms with E-state index >= 15 is 0 Å². The summed E-state index contributed by atoms with van der Waals surface area (Å²) in [7, 11) is 2.09. The van der Waals surface area contributed by atoms with Crippen molar-refractivity contribution in [2.24, 2.45) is 0 Å². The first kappa shape index (κ1) is 27.3. The highest BCUT2D eigenvalue weighted by Crippen LogP contribution is 2.35. The van der Waals surface area contributed by atoms with Crippen LogP contribution in [-0.4, -0.2) is 37.2 Å². The Morgan fingerprint density at radius 3 is 2.05 bits per heavy atom. The summed E-state index contributed by atoms with van der Waals surface area (Å²) in [6, 6.07) is 25.1. The van der Waals surface area contributed by atoms with Crippen LogP contribution >= 0.6 is 23.2 Å². The molecule has 0 atom stereocenters. The molecule has 202 valence electrons. The summed E-state index contributed by atoms with van der Waals surface area (Å²) in [5.41, 5.74) is 4.41. The van der Waals surface area contributed by atoms with E-state index < -0.39 is 0 Å². The molecule has 2 heterocycles. The molecule has 0 saturated heterocycles. The van der Waals surface area contributed by atoms with Gasteiger partial charge in [-0.05, 0) is 54.1 Å². The molecular weight excluding hydrogens is 549 g/mol. The number of nitrogens with zero attached hydrogens (tertiary/aromatic N) is 5. The molecule has 0 radical (unpaired) electrons. The summed E-state index contributed by atoms with van der Waals surface area (Å²) in [4.78, 5) is 10.6. The Balaban J connectivity index is 1.10. The Labute approximate surface area is 241 Å². The standard InChI is InChI=1S/C30H25Cl2N5O3/c1-37(18-21-9-11-24(12-10-21)40-28-4-2-3-13-33-28)17-20-5-7-22(8-6-20)19-39-30-34-16-27(35-36-30)23-14-25(31)29(38)26(32)15-23/h2-16,38H,17-19H2,1H3. The largest absolute Gasteiger partial charge is 0.505 e.